The maximum atomic E-state index is 13.1. The number of hydrogen-bond donors (Lipinski definition) is 0. The van der Waals surface area contributed by atoms with Gasteiger partial charge in [-0.3, -0.25) is 4.79 Å². The van der Waals surface area contributed by atoms with E-state index in [4.69, 9.17) is 9.47 Å². The summed E-state index contributed by atoms with van der Waals surface area (Å²) in [4.78, 5) is 13.1. The van der Waals surface area contributed by atoms with Crippen LogP contribution in [0.1, 0.15) is 23.6 Å². The predicted octanol–water partition coefficient (Wildman–Crippen LogP) is 7.62. The molecule has 0 atom stereocenters. The summed E-state index contributed by atoms with van der Waals surface area (Å²) in [5.41, 5.74) is 1.34. The Morgan fingerprint density at radius 3 is 2.42 bits per heavy atom. The summed E-state index contributed by atoms with van der Waals surface area (Å²) in [6.07, 6.45) is -2.93. The highest BCUT2D eigenvalue weighted by Gasteiger charge is 2.34. The lowest BCUT2D eigenvalue weighted by Crippen LogP contribution is -2.21. The first kappa shape index (κ1) is 26.0. The Morgan fingerprint density at radius 2 is 1.75 bits per heavy atom. The molecule has 0 spiro atoms. The van der Waals surface area contributed by atoms with Crippen molar-refractivity contribution in [3.63, 3.8) is 0 Å². The summed E-state index contributed by atoms with van der Waals surface area (Å²) in [6.45, 7) is 1.94. The van der Waals surface area contributed by atoms with Crippen molar-refractivity contribution in [1.82, 2.24) is 0 Å². The van der Waals surface area contributed by atoms with Crippen molar-refractivity contribution in [3.05, 3.63) is 91.9 Å². The number of halogens is 5. The largest absolute Gasteiger partial charge is 0.493 e. The second-order valence-corrected chi connectivity index (χ2v) is 9.39. The molecule has 0 bridgehead atoms. The average Bonchev–Trinajstić information content (AvgIpc) is 3.14. The van der Waals surface area contributed by atoms with Gasteiger partial charge in [-0.1, -0.05) is 36.4 Å². The molecule has 5 nitrogen and oxygen atoms in total. The van der Waals surface area contributed by atoms with E-state index in [1.165, 1.54) is 19.2 Å². The number of alkyl halides is 3. The molecule has 1 heterocycles. The Balaban J connectivity index is 1.65. The van der Waals surface area contributed by atoms with Crippen LogP contribution in [0, 0.1) is 0 Å². The van der Waals surface area contributed by atoms with Crippen LogP contribution in [-0.4, -0.2) is 18.7 Å². The van der Waals surface area contributed by atoms with E-state index in [-0.39, 0.29) is 11.3 Å². The van der Waals surface area contributed by atoms with Crippen molar-refractivity contribution in [2.75, 3.05) is 12.1 Å². The Morgan fingerprint density at radius 1 is 1.03 bits per heavy atom. The molecule has 0 N–H and O–H groups in total. The molecular weight excluding hydrogens is 605 g/mol. The van der Waals surface area contributed by atoms with Crippen LogP contribution >= 0.6 is 31.9 Å². The van der Waals surface area contributed by atoms with Gasteiger partial charge in [-0.15, -0.1) is 0 Å². The van der Waals surface area contributed by atoms with Crippen molar-refractivity contribution in [2.24, 2.45) is 5.10 Å². The van der Waals surface area contributed by atoms with E-state index in [1.54, 1.807) is 19.1 Å². The summed E-state index contributed by atoms with van der Waals surface area (Å²) in [6, 6.07) is 15.8. The van der Waals surface area contributed by atoms with Gasteiger partial charge in [0.15, 0.2) is 11.5 Å². The monoisotopic (exact) mass is 622 g/mol. The van der Waals surface area contributed by atoms with E-state index >= 15 is 0 Å². The first-order valence-electron chi connectivity index (χ1n) is 10.6. The molecule has 0 aliphatic carbocycles. The zero-order valence-electron chi connectivity index (χ0n) is 19.1. The summed E-state index contributed by atoms with van der Waals surface area (Å²) < 4.78 is 52.2. The van der Waals surface area contributed by atoms with Gasteiger partial charge < -0.3 is 9.47 Å². The molecule has 0 aromatic heterocycles. The van der Waals surface area contributed by atoms with Gasteiger partial charge in [-0.05, 0) is 80.3 Å². The van der Waals surface area contributed by atoms with Crippen molar-refractivity contribution in [2.45, 2.75) is 19.7 Å². The number of hydrazone groups is 1. The molecule has 0 fully saturated rings. The molecular formula is C26H19Br2F3N2O3. The Hall–Kier alpha value is -3.11. The highest BCUT2D eigenvalue weighted by Crippen LogP contribution is 2.44. The number of benzene rings is 3. The Bertz CT molecular complexity index is 1370. The van der Waals surface area contributed by atoms with Crippen LogP contribution in [0.3, 0.4) is 0 Å². The normalized spacial score (nSPS) is 14.9. The predicted molar refractivity (Wildman–Crippen MR) is 139 cm³/mol. The third kappa shape index (κ3) is 5.34. The van der Waals surface area contributed by atoms with Crippen LogP contribution in [0.25, 0.3) is 6.08 Å². The van der Waals surface area contributed by atoms with Crippen LogP contribution in [0.2, 0.25) is 0 Å². The summed E-state index contributed by atoms with van der Waals surface area (Å²) in [5, 5.41) is 5.16. The van der Waals surface area contributed by atoms with Crippen LogP contribution in [-0.2, 0) is 17.6 Å². The molecule has 10 heteroatoms. The molecule has 0 saturated carbocycles. The smallest absolute Gasteiger partial charge is 0.416 e. The molecule has 3 aromatic rings. The number of rotatable bonds is 6. The lowest BCUT2D eigenvalue weighted by atomic mass is 10.1. The fourth-order valence-electron chi connectivity index (χ4n) is 3.55. The molecule has 36 heavy (non-hydrogen) atoms. The second-order valence-electron chi connectivity index (χ2n) is 7.81. The zero-order chi connectivity index (χ0) is 26.0. The molecule has 3 aromatic carbocycles. The molecule has 1 aliphatic rings. The molecule has 0 radical (unpaired) electrons. The number of methoxy groups -OCH3 is 1. The molecule has 0 unspecified atom stereocenters. The molecule has 4 rings (SSSR count). The van der Waals surface area contributed by atoms with Gasteiger partial charge in [0.25, 0.3) is 5.91 Å². The Kier molecular flexibility index (Phi) is 7.56. The third-order valence-corrected chi connectivity index (χ3v) is 7.53. The van der Waals surface area contributed by atoms with Gasteiger partial charge in [0.1, 0.15) is 6.61 Å². The minimum absolute atomic E-state index is 0.0278. The summed E-state index contributed by atoms with van der Waals surface area (Å²) in [5.74, 6) is 0.366. The molecule has 0 saturated heterocycles. The fourth-order valence-corrected chi connectivity index (χ4v) is 4.50. The van der Waals surface area contributed by atoms with Gasteiger partial charge in [0, 0.05) is 4.47 Å². The minimum Gasteiger partial charge on any atom is -0.493 e. The first-order chi connectivity index (χ1) is 17.1. The minimum atomic E-state index is -4.53. The standard InChI is InChI=1S/C26H19Br2F3N2O3/c1-15-20(25(34)33(32-15)19-10-6-9-18(13-19)26(29,30)31)11-17-12-21(35-2)24(23(28)22(17)27)36-14-16-7-4-3-5-8-16/h3-13H,14H2,1-2H3. The average molecular weight is 624 g/mol. The number of hydrogen-bond acceptors (Lipinski definition) is 4. The molecule has 1 amide bonds. The fraction of sp³-hybridized carbons (Fsp3) is 0.154. The number of nitrogens with zero attached hydrogens (tertiary/aromatic N) is 2. The van der Waals surface area contributed by atoms with Crippen molar-refractivity contribution in [3.8, 4) is 11.5 Å². The van der Waals surface area contributed by atoms with E-state index in [2.05, 4.69) is 37.0 Å². The van der Waals surface area contributed by atoms with Gasteiger partial charge >= 0.3 is 6.18 Å². The lowest BCUT2D eigenvalue weighted by Gasteiger charge is -2.16. The number of anilines is 1. The van der Waals surface area contributed by atoms with E-state index < -0.39 is 17.6 Å². The first-order valence-corrected chi connectivity index (χ1v) is 12.2. The van der Waals surface area contributed by atoms with Crippen molar-refractivity contribution in [1.29, 1.82) is 0 Å². The Labute approximate surface area is 222 Å². The van der Waals surface area contributed by atoms with E-state index in [1.807, 2.05) is 30.3 Å². The van der Waals surface area contributed by atoms with Gasteiger partial charge in [-0.2, -0.15) is 23.3 Å². The SMILES string of the molecule is COc1cc(C=C2C(=O)N(c3cccc(C(F)(F)F)c3)N=C2C)c(Br)c(Br)c1OCc1ccccc1. The number of carbonyl (C=O) groups is 1. The van der Waals surface area contributed by atoms with Crippen LogP contribution < -0.4 is 14.5 Å². The quantitative estimate of drug-likeness (QED) is 0.265. The van der Waals surface area contributed by atoms with Crippen LogP contribution in [0.5, 0.6) is 11.5 Å². The highest BCUT2D eigenvalue weighted by molar-refractivity contribution is 9.13. The second kappa shape index (κ2) is 10.5. The molecule has 1 aliphatic heterocycles. The highest BCUT2D eigenvalue weighted by atomic mass is 79.9. The maximum Gasteiger partial charge on any atom is 0.416 e. The lowest BCUT2D eigenvalue weighted by molar-refractivity contribution is -0.137. The number of carbonyl (C=O) groups excluding carboxylic acids is 1. The van der Waals surface area contributed by atoms with Gasteiger partial charge in [0.2, 0.25) is 0 Å². The van der Waals surface area contributed by atoms with Crippen molar-refractivity contribution >= 4 is 55.2 Å². The van der Waals surface area contributed by atoms with Crippen molar-refractivity contribution < 1.29 is 27.4 Å². The third-order valence-electron chi connectivity index (χ3n) is 5.38. The van der Waals surface area contributed by atoms with E-state index in [0.29, 0.717) is 38.3 Å². The van der Waals surface area contributed by atoms with E-state index in [0.717, 1.165) is 22.7 Å². The molecule has 186 valence electrons. The van der Waals surface area contributed by atoms with Gasteiger partial charge in [0.05, 0.1) is 34.1 Å². The van der Waals surface area contributed by atoms with Gasteiger partial charge in [-0.25, -0.2) is 0 Å². The van der Waals surface area contributed by atoms with Crippen LogP contribution in [0.15, 0.2) is 80.3 Å². The summed E-state index contributed by atoms with van der Waals surface area (Å²) >= 11 is 7.08. The van der Waals surface area contributed by atoms with Crippen LogP contribution in [0.4, 0.5) is 18.9 Å². The maximum absolute atomic E-state index is 13.1. The van der Waals surface area contributed by atoms with E-state index in [9.17, 15) is 18.0 Å². The number of amides is 1. The number of ether oxygens (including phenoxy) is 2. The summed E-state index contributed by atoms with van der Waals surface area (Å²) in [7, 11) is 1.50. The zero-order valence-corrected chi connectivity index (χ0v) is 22.2. The topological polar surface area (TPSA) is 51.1 Å².